The third kappa shape index (κ3) is 7.44. The molecule has 0 bridgehead atoms. The average Bonchev–Trinajstić information content (AvgIpc) is 3.54. The number of ether oxygens (including phenoxy) is 2. The summed E-state index contributed by atoms with van der Waals surface area (Å²) in [5.74, 6) is -0.192. The molecule has 2 aromatic heterocycles. The van der Waals surface area contributed by atoms with Crippen molar-refractivity contribution in [1.82, 2.24) is 19.1 Å². The highest BCUT2D eigenvalue weighted by Gasteiger charge is 2.41. The normalized spacial score (nSPS) is 26.7. The van der Waals surface area contributed by atoms with Gasteiger partial charge < -0.3 is 34.5 Å². The molecule has 2 aliphatic heterocycles. The maximum absolute atomic E-state index is 12.8. The first-order valence-corrected chi connectivity index (χ1v) is 16.4. The Balaban J connectivity index is 1.16. The van der Waals surface area contributed by atoms with Crippen LogP contribution in [0, 0.1) is 5.92 Å². The molecule has 0 aliphatic carbocycles. The van der Waals surface area contributed by atoms with Crippen LogP contribution in [-0.2, 0) is 30.3 Å². The number of nitrogens with zero attached hydrogens (tertiary/aromatic N) is 4. The molecule has 4 heterocycles. The van der Waals surface area contributed by atoms with Gasteiger partial charge in [-0.1, -0.05) is 32.0 Å². The fourth-order valence-corrected chi connectivity index (χ4v) is 6.56. The lowest BCUT2D eigenvalue weighted by Gasteiger charge is -2.24. The highest BCUT2D eigenvalue weighted by molar-refractivity contribution is 8.07. The molecule has 0 unspecified atom stereocenters. The van der Waals surface area contributed by atoms with Crippen molar-refractivity contribution in [2.75, 3.05) is 17.7 Å². The van der Waals surface area contributed by atoms with E-state index in [1.165, 1.54) is 33.7 Å². The highest BCUT2D eigenvalue weighted by atomic mass is 32.5. The predicted molar refractivity (Wildman–Crippen MR) is 160 cm³/mol. The minimum atomic E-state index is -3.73. The molecular formula is C27H33N6O8PS. The molecule has 2 aliphatic rings. The van der Waals surface area contributed by atoms with Crippen molar-refractivity contribution in [2.45, 2.75) is 63.9 Å². The zero-order valence-corrected chi connectivity index (χ0v) is 25.2. The zero-order valence-electron chi connectivity index (χ0n) is 23.5. The van der Waals surface area contributed by atoms with Crippen LogP contribution in [0.4, 0.5) is 11.6 Å². The number of nitrogens with one attached hydrogen (secondary N) is 1. The second kappa shape index (κ2) is 13.1. The van der Waals surface area contributed by atoms with E-state index in [0.717, 1.165) is 0 Å². The molecule has 3 aromatic rings. The minimum Gasteiger partial charge on any atom is -0.383 e. The Labute approximate surface area is 252 Å². The van der Waals surface area contributed by atoms with E-state index in [2.05, 4.69) is 15.3 Å². The van der Waals surface area contributed by atoms with Crippen LogP contribution in [0.1, 0.15) is 55.9 Å². The molecule has 0 radical (unpaired) electrons. The summed E-state index contributed by atoms with van der Waals surface area (Å²) in [5, 5.41) is 2.62. The Hall–Kier alpha value is -3.30. The molecule has 1 aromatic carbocycles. The Morgan fingerprint density at radius 1 is 1.07 bits per heavy atom. The number of nitrogen functional groups attached to an aromatic ring is 1. The monoisotopic (exact) mass is 632 g/mol. The van der Waals surface area contributed by atoms with Crippen LogP contribution >= 0.6 is 6.72 Å². The maximum atomic E-state index is 12.8. The average molecular weight is 633 g/mol. The van der Waals surface area contributed by atoms with Crippen LogP contribution in [0.15, 0.2) is 64.4 Å². The Morgan fingerprint density at radius 2 is 1.72 bits per heavy atom. The number of carbonyl (C=O) groups excluding carboxylic acids is 1. The molecule has 0 saturated carbocycles. The fraction of sp³-hybridized carbons (Fsp3) is 0.444. The van der Waals surface area contributed by atoms with Gasteiger partial charge in [0, 0.05) is 24.4 Å². The molecule has 2 saturated heterocycles. The molecule has 5 rings (SSSR count). The van der Waals surface area contributed by atoms with Gasteiger partial charge in [-0.05, 0) is 54.8 Å². The smallest absolute Gasteiger partial charge is 0.351 e. The lowest BCUT2D eigenvalue weighted by molar-refractivity contribution is -0.0354. The van der Waals surface area contributed by atoms with E-state index in [4.69, 9.17) is 36.1 Å². The molecule has 4 N–H and O–H groups in total. The summed E-state index contributed by atoms with van der Waals surface area (Å²) < 4.78 is 26.2. The minimum absolute atomic E-state index is 0.0446. The first kappa shape index (κ1) is 31.1. The van der Waals surface area contributed by atoms with Gasteiger partial charge in [-0.3, -0.25) is 13.9 Å². The third-order valence-corrected chi connectivity index (χ3v) is 8.96. The summed E-state index contributed by atoms with van der Waals surface area (Å²) in [6.07, 6.45) is 1.49. The molecule has 16 heteroatoms. The lowest BCUT2D eigenvalue weighted by atomic mass is 10.0. The van der Waals surface area contributed by atoms with Crippen molar-refractivity contribution in [3.05, 3.63) is 81.4 Å². The summed E-state index contributed by atoms with van der Waals surface area (Å²) in [5.41, 5.74) is 4.88. The standard InChI is InChI=1S/C27H33N6O8PS/c1-3-18-19(14-24(39-18)32-11-9-21(28)29-26(32)35)41-42(37,43)38-15-20-16(2)13-23(40-20)33-12-10-22(31-27(33)36)30-25(34)17-7-5-4-6-8-17/h4-12,16,18-20,23-24H,3,13-15H2,1-2H3,(H,37,43)(H2,28,29,35)(H,30,31,34,36)/t16-,18+,19-,20+,23+,24+,42+/m0/s1. The van der Waals surface area contributed by atoms with Crippen LogP contribution < -0.4 is 22.4 Å². The van der Waals surface area contributed by atoms with Crippen molar-refractivity contribution < 1.29 is 28.2 Å². The quantitative estimate of drug-likeness (QED) is 0.278. The predicted octanol–water partition coefficient (Wildman–Crippen LogP) is 2.57. The second-order valence-corrected chi connectivity index (χ2v) is 13.2. The summed E-state index contributed by atoms with van der Waals surface area (Å²) >= 11 is 5.29. The van der Waals surface area contributed by atoms with E-state index < -0.39 is 48.9 Å². The number of carbonyl (C=O) groups is 1. The van der Waals surface area contributed by atoms with Gasteiger partial charge in [0.2, 0.25) is 0 Å². The number of hydrogen-bond acceptors (Lipinski definition) is 11. The second-order valence-electron chi connectivity index (χ2n) is 10.4. The van der Waals surface area contributed by atoms with Crippen LogP contribution in [0.5, 0.6) is 0 Å². The first-order valence-electron chi connectivity index (χ1n) is 13.8. The summed E-state index contributed by atoms with van der Waals surface area (Å²) in [4.78, 5) is 56.0. The van der Waals surface area contributed by atoms with Crippen molar-refractivity contribution in [3.8, 4) is 0 Å². The highest BCUT2D eigenvalue weighted by Crippen LogP contribution is 2.50. The van der Waals surface area contributed by atoms with Gasteiger partial charge in [0.05, 0.1) is 24.9 Å². The van der Waals surface area contributed by atoms with E-state index >= 15 is 0 Å². The molecule has 2 fully saturated rings. The molecule has 230 valence electrons. The number of hydrogen-bond donors (Lipinski definition) is 3. The van der Waals surface area contributed by atoms with E-state index in [0.29, 0.717) is 18.4 Å². The van der Waals surface area contributed by atoms with E-state index in [1.807, 2.05) is 13.8 Å². The van der Waals surface area contributed by atoms with Crippen molar-refractivity contribution in [1.29, 1.82) is 0 Å². The Bertz CT molecular complexity index is 1620. The molecule has 7 atom stereocenters. The fourth-order valence-electron chi connectivity index (χ4n) is 5.08. The van der Waals surface area contributed by atoms with Gasteiger partial charge in [-0.15, -0.1) is 0 Å². The van der Waals surface area contributed by atoms with Crippen LogP contribution in [0.25, 0.3) is 0 Å². The number of anilines is 2. The third-order valence-electron chi connectivity index (χ3n) is 7.37. The van der Waals surface area contributed by atoms with Gasteiger partial charge in [-0.25, -0.2) is 9.59 Å². The molecule has 14 nitrogen and oxygen atoms in total. The van der Waals surface area contributed by atoms with Crippen molar-refractivity contribution in [3.63, 3.8) is 0 Å². The van der Waals surface area contributed by atoms with E-state index in [-0.39, 0.29) is 36.5 Å². The lowest BCUT2D eigenvalue weighted by Crippen LogP contribution is -2.29. The number of aromatic nitrogens is 4. The Kier molecular flexibility index (Phi) is 9.51. The largest absolute Gasteiger partial charge is 0.383 e. The number of benzene rings is 1. The summed E-state index contributed by atoms with van der Waals surface area (Å²) in [6.45, 7) is 0.0386. The van der Waals surface area contributed by atoms with Gasteiger partial charge >= 0.3 is 18.1 Å². The van der Waals surface area contributed by atoms with Gasteiger partial charge in [0.15, 0.2) is 0 Å². The number of amides is 1. The maximum Gasteiger partial charge on any atom is 0.351 e. The van der Waals surface area contributed by atoms with Gasteiger partial charge in [0.25, 0.3) is 5.91 Å². The SMILES string of the molecule is CC[C@H]1O[C@@H](n2ccc(N)nc2=O)C[C@@H]1O[P@](O)(=S)OC[C@H]1O[C@@H](n2ccc(NC(=O)c3ccccc3)nc2=O)C[C@@H]1C. The summed E-state index contributed by atoms with van der Waals surface area (Å²) in [7, 11) is 0. The van der Waals surface area contributed by atoms with Crippen molar-refractivity contribution >= 4 is 36.1 Å². The van der Waals surface area contributed by atoms with Crippen molar-refractivity contribution in [2.24, 2.45) is 5.92 Å². The zero-order chi connectivity index (χ0) is 30.7. The number of nitrogens with two attached hydrogens (primary N) is 1. The van der Waals surface area contributed by atoms with E-state index in [1.54, 1.807) is 30.3 Å². The summed E-state index contributed by atoms with van der Waals surface area (Å²) in [6, 6.07) is 11.6. The molecule has 0 spiro atoms. The molecular weight excluding hydrogens is 599 g/mol. The molecule has 1 amide bonds. The Morgan fingerprint density at radius 3 is 2.40 bits per heavy atom. The van der Waals surface area contributed by atoms with Crippen LogP contribution in [-0.4, -0.2) is 54.8 Å². The molecule has 43 heavy (non-hydrogen) atoms. The van der Waals surface area contributed by atoms with Gasteiger partial charge in [0.1, 0.15) is 24.1 Å². The van der Waals surface area contributed by atoms with Crippen LogP contribution in [0.2, 0.25) is 0 Å². The first-order chi connectivity index (χ1) is 20.5. The number of rotatable bonds is 10. The topological polar surface area (TPSA) is 182 Å². The van der Waals surface area contributed by atoms with Crippen LogP contribution in [0.3, 0.4) is 0 Å². The van der Waals surface area contributed by atoms with Gasteiger partial charge in [-0.2, -0.15) is 9.97 Å². The van der Waals surface area contributed by atoms with E-state index in [9.17, 15) is 19.3 Å².